The molecule has 0 bridgehead atoms. The number of nitrogens with zero attached hydrogens (tertiary/aromatic N) is 3. The van der Waals surface area contributed by atoms with Gasteiger partial charge in [0.15, 0.2) is 0 Å². The number of alkyl halides is 3. The highest BCUT2D eigenvalue weighted by molar-refractivity contribution is 5.32. The molecule has 2 aromatic rings. The van der Waals surface area contributed by atoms with E-state index in [4.69, 9.17) is 4.74 Å². The molecule has 0 amide bonds. The molecule has 0 radical (unpaired) electrons. The lowest BCUT2D eigenvalue weighted by atomic mass is 9.82. The van der Waals surface area contributed by atoms with Crippen molar-refractivity contribution in [2.75, 3.05) is 13.2 Å². The molecule has 0 unspecified atom stereocenters. The summed E-state index contributed by atoms with van der Waals surface area (Å²) in [5.74, 6) is 0. The number of hydrogen-bond donors (Lipinski definition) is 1. The topological polar surface area (TPSA) is 52.0 Å². The van der Waals surface area contributed by atoms with Gasteiger partial charge in [0, 0.05) is 25.3 Å². The summed E-state index contributed by atoms with van der Waals surface area (Å²) in [6, 6.07) is 5.56. The summed E-state index contributed by atoms with van der Waals surface area (Å²) in [5.41, 5.74) is -0.00817. The average molecular weight is 382 g/mol. The molecule has 1 saturated heterocycles. The number of hydrogen-bond acceptors (Lipinski definition) is 4. The molecule has 8 heteroatoms. The Hall–Kier alpha value is -1.93. The van der Waals surface area contributed by atoms with Crippen molar-refractivity contribution in [3.63, 3.8) is 0 Å². The minimum Gasteiger partial charge on any atom is -0.381 e. The molecule has 1 aromatic heterocycles. The highest BCUT2D eigenvalue weighted by atomic mass is 19.4. The van der Waals surface area contributed by atoms with Crippen molar-refractivity contribution in [1.82, 2.24) is 20.3 Å². The summed E-state index contributed by atoms with van der Waals surface area (Å²) in [4.78, 5) is 0. The second kappa shape index (κ2) is 7.24. The molecule has 0 spiro atoms. The lowest BCUT2D eigenvalue weighted by Crippen LogP contribution is -2.46. The van der Waals surface area contributed by atoms with E-state index in [1.54, 1.807) is 10.7 Å². The van der Waals surface area contributed by atoms with Crippen molar-refractivity contribution >= 4 is 0 Å². The molecule has 1 aromatic carbocycles. The Balaban J connectivity index is 1.84. The van der Waals surface area contributed by atoms with Crippen LogP contribution in [0.25, 0.3) is 0 Å². The maximum atomic E-state index is 13.2. The van der Waals surface area contributed by atoms with Gasteiger partial charge in [-0.15, -0.1) is 5.10 Å². The van der Waals surface area contributed by atoms with Crippen molar-refractivity contribution in [1.29, 1.82) is 0 Å². The zero-order valence-electron chi connectivity index (χ0n) is 15.8. The van der Waals surface area contributed by atoms with E-state index in [-0.39, 0.29) is 5.54 Å². The van der Waals surface area contributed by atoms with Crippen LogP contribution in [0.15, 0.2) is 30.5 Å². The minimum absolute atomic E-state index is 0.178. The average Bonchev–Trinajstić information content (AvgIpc) is 3.10. The largest absolute Gasteiger partial charge is 0.416 e. The Kier molecular flexibility index (Phi) is 5.31. The SMILES string of the molecule is CC(C)(C)n1cc(CNC2(c3cccc(C(F)(F)F)c3)CCOCC2)nn1. The first kappa shape index (κ1) is 19.8. The fourth-order valence-electron chi connectivity index (χ4n) is 3.25. The molecule has 0 atom stereocenters. The Morgan fingerprint density at radius 2 is 1.89 bits per heavy atom. The second-order valence-electron chi connectivity index (χ2n) is 7.95. The normalized spacial score (nSPS) is 17.9. The van der Waals surface area contributed by atoms with E-state index in [1.807, 2.05) is 27.0 Å². The van der Waals surface area contributed by atoms with Gasteiger partial charge in [-0.1, -0.05) is 17.3 Å². The van der Waals surface area contributed by atoms with Gasteiger partial charge in [0.2, 0.25) is 0 Å². The first-order chi connectivity index (χ1) is 12.6. The Morgan fingerprint density at radius 3 is 2.48 bits per heavy atom. The van der Waals surface area contributed by atoms with Crippen LogP contribution in [0.2, 0.25) is 0 Å². The van der Waals surface area contributed by atoms with E-state index < -0.39 is 17.3 Å². The zero-order chi connectivity index (χ0) is 19.7. The first-order valence-corrected chi connectivity index (χ1v) is 9.02. The van der Waals surface area contributed by atoms with Crippen LogP contribution in [0.4, 0.5) is 13.2 Å². The number of nitrogens with one attached hydrogen (secondary N) is 1. The lowest BCUT2D eigenvalue weighted by molar-refractivity contribution is -0.137. The van der Waals surface area contributed by atoms with Gasteiger partial charge in [0.1, 0.15) is 0 Å². The van der Waals surface area contributed by atoms with Crippen LogP contribution in [-0.2, 0) is 28.5 Å². The highest BCUT2D eigenvalue weighted by Crippen LogP contribution is 2.36. The van der Waals surface area contributed by atoms with Crippen molar-refractivity contribution in [3.05, 3.63) is 47.3 Å². The van der Waals surface area contributed by atoms with Crippen molar-refractivity contribution in [2.24, 2.45) is 0 Å². The van der Waals surface area contributed by atoms with E-state index in [0.717, 1.165) is 11.8 Å². The number of rotatable bonds is 4. The molecule has 1 N–H and O–H groups in total. The van der Waals surface area contributed by atoms with Crippen molar-refractivity contribution in [2.45, 2.75) is 57.4 Å². The highest BCUT2D eigenvalue weighted by Gasteiger charge is 2.37. The van der Waals surface area contributed by atoms with Gasteiger partial charge in [-0.25, -0.2) is 4.68 Å². The van der Waals surface area contributed by atoms with Crippen LogP contribution >= 0.6 is 0 Å². The maximum Gasteiger partial charge on any atom is 0.416 e. The monoisotopic (exact) mass is 382 g/mol. The molecular formula is C19H25F3N4O. The van der Waals surface area contributed by atoms with Crippen LogP contribution in [0.5, 0.6) is 0 Å². The molecule has 2 heterocycles. The van der Waals surface area contributed by atoms with E-state index in [9.17, 15) is 13.2 Å². The van der Waals surface area contributed by atoms with Crippen LogP contribution in [-0.4, -0.2) is 28.2 Å². The summed E-state index contributed by atoms with van der Waals surface area (Å²) < 4.78 is 46.7. The second-order valence-corrected chi connectivity index (χ2v) is 7.95. The lowest BCUT2D eigenvalue weighted by Gasteiger charge is -2.39. The van der Waals surface area contributed by atoms with Gasteiger partial charge < -0.3 is 10.1 Å². The third kappa shape index (κ3) is 4.50. The Labute approximate surface area is 156 Å². The fraction of sp³-hybridized carbons (Fsp3) is 0.579. The molecule has 1 aliphatic rings. The first-order valence-electron chi connectivity index (χ1n) is 9.02. The summed E-state index contributed by atoms with van der Waals surface area (Å²) in [7, 11) is 0. The summed E-state index contributed by atoms with van der Waals surface area (Å²) in [6.07, 6.45) is -1.30. The number of halogens is 3. The van der Waals surface area contributed by atoms with Crippen molar-refractivity contribution in [3.8, 4) is 0 Å². The van der Waals surface area contributed by atoms with Crippen LogP contribution < -0.4 is 5.32 Å². The standard InChI is InChI=1S/C19H25F3N4O/c1-17(2,3)26-13-16(24-25-26)12-23-18(7-9-27-10-8-18)14-5-4-6-15(11-14)19(20,21)22/h4-6,11,13,23H,7-10,12H2,1-3H3. The van der Waals surface area contributed by atoms with Gasteiger partial charge in [-0.05, 0) is 51.3 Å². The molecule has 0 saturated carbocycles. The van der Waals surface area contributed by atoms with Gasteiger partial charge in [-0.2, -0.15) is 13.2 Å². The summed E-state index contributed by atoms with van der Waals surface area (Å²) in [5, 5.41) is 11.8. The van der Waals surface area contributed by atoms with E-state index in [0.29, 0.717) is 38.2 Å². The number of benzene rings is 1. The van der Waals surface area contributed by atoms with E-state index in [1.165, 1.54) is 12.1 Å². The molecule has 1 aliphatic heterocycles. The zero-order valence-corrected chi connectivity index (χ0v) is 15.8. The van der Waals surface area contributed by atoms with Gasteiger partial charge in [0.05, 0.1) is 23.0 Å². The Morgan fingerprint density at radius 1 is 1.19 bits per heavy atom. The predicted octanol–water partition coefficient (Wildman–Crippen LogP) is 3.85. The van der Waals surface area contributed by atoms with Crippen molar-refractivity contribution < 1.29 is 17.9 Å². The van der Waals surface area contributed by atoms with Crippen LogP contribution in [0.3, 0.4) is 0 Å². The molecule has 5 nitrogen and oxygen atoms in total. The Bertz CT molecular complexity index is 774. The van der Waals surface area contributed by atoms with Gasteiger partial charge >= 0.3 is 6.18 Å². The molecule has 3 rings (SSSR count). The third-order valence-electron chi connectivity index (χ3n) is 4.92. The van der Waals surface area contributed by atoms with Gasteiger partial charge in [-0.3, -0.25) is 0 Å². The molecule has 27 heavy (non-hydrogen) atoms. The molecule has 148 valence electrons. The molecule has 1 fully saturated rings. The molecular weight excluding hydrogens is 357 g/mol. The van der Waals surface area contributed by atoms with Crippen LogP contribution in [0, 0.1) is 0 Å². The quantitative estimate of drug-likeness (QED) is 0.873. The minimum atomic E-state index is -4.36. The number of aromatic nitrogens is 3. The third-order valence-corrected chi connectivity index (χ3v) is 4.92. The maximum absolute atomic E-state index is 13.2. The molecule has 0 aliphatic carbocycles. The summed E-state index contributed by atoms with van der Waals surface area (Å²) >= 11 is 0. The van der Waals surface area contributed by atoms with Crippen LogP contribution in [0.1, 0.15) is 50.4 Å². The van der Waals surface area contributed by atoms with E-state index >= 15 is 0 Å². The van der Waals surface area contributed by atoms with Gasteiger partial charge in [0.25, 0.3) is 0 Å². The number of ether oxygens (including phenoxy) is 1. The summed E-state index contributed by atoms with van der Waals surface area (Å²) in [6.45, 7) is 7.51. The van der Waals surface area contributed by atoms with E-state index in [2.05, 4.69) is 15.6 Å². The fourth-order valence-corrected chi connectivity index (χ4v) is 3.25. The predicted molar refractivity (Wildman–Crippen MR) is 95.0 cm³/mol. The smallest absolute Gasteiger partial charge is 0.381 e.